The molecule has 2 aromatic carbocycles. The zero-order chi connectivity index (χ0) is 18.8. The molecule has 134 valence electrons. The maximum atomic E-state index is 13.0. The van der Waals surface area contributed by atoms with Crippen LogP contribution in [0.4, 0.5) is 0 Å². The molecule has 2 aromatic rings. The van der Waals surface area contributed by atoms with E-state index in [0.29, 0.717) is 11.1 Å². The van der Waals surface area contributed by atoms with Gasteiger partial charge in [-0.2, -0.15) is 0 Å². The molecule has 0 spiro atoms. The van der Waals surface area contributed by atoms with Crippen molar-refractivity contribution >= 4 is 16.1 Å². The smallest absolute Gasteiger partial charge is 0.213 e. The fourth-order valence-electron chi connectivity index (χ4n) is 2.87. The summed E-state index contributed by atoms with van der Waals surface area (Å²) < 4.78 is 31.9. The quantitative estimate of drug-likeness (QED) is 0.722. The summed E-state index contributed by atoms with van der Waals surface area (Å²) in [7, 11) is -3.72. The van der Waals surface area contributed by atoms with E-state index in [1.54, 1.807) is 25.1 Å². The van der Waals surface area contributed by atoms with E-state index in [9.17, 15) is 13.2 Å². The average molecular weight is 361 g/mol. The monoisotopic (exact) mass is 361 g/mol. The molecule has 25 heavy (non-hydrogen) atoms. The van der Waals surface area contributed by atoms with E-state index in [0.717, 1.165) is 17.4 Å². The summed E-state index contributed by atoms with van der Waals surface area (Å²) in [6, 6.07) is 6.75. The number of nitrogens with two attached hydrogens (primary N) is 1. The van der Waals surface area contributed by atoms with E-state index in [1.807, 2.05) is 26.8 Å². The molecule has 0 saturated heterocycles. The minimum absolute atomic E-state index is 0.0959. The van der Waals surface area contributed by atoms with Crippen molar-refractivity contribution in [1.29, 1.82) is 0 Å². The molecule has 0 radical (unpaired) electrons. The van der Waals surface area contributed by atoms with Crippen molar-refractivity contribution in [2.24, 2.45) is 5.73 Å². The Kier molecular flexibility index (Phi) is 5.65. The molecule has 5 nitrogen and oxygen atoms in total. The second kappa shape index (κ2) is 7.37. The second-order valence-corrected chi connectivity index (χ2v) is 7.57. The molecule has 0 saturated carbocycles. The third-order valence-corrected chi connectivity index (χ3v) is 5.62. The third kappa shape index (κ3) is 3.32. The van der Waals surface area contributed by atoms with Gasteiger partial charge in [-0.3, -0.25) is 0 Å². The number of carbonyl (C=O) groups is 1. The molecule has 0 bridgehead atoms. The third-order valence-electron chi connectivity index (χ3n) is 3.86. The lowest BCUT2D eigenvalue weighted by molar-refractivity contribution is -0.107. The van der Waals surface area contributed by atoms with Crippen LogP contribution in [0.5, 0.6) is 11.5 Å². The minimum atomic E-state index is -3.72. The molecule has 0 fully saturated rings. The molecular formula is C19H23NO4S. The minimum Gasteiger partial charge on any atom is -0.454 e. The molecule has 0 atom stereocenters. The van der Waals surface area contributed by atoms with Gasteiger partial charge in [-0.05, 0) is 37.1 Å². The summed E-state index contributed by atoms with van der Waals surface area (Å²) in [6.45, 7) is 7.78. The molecule has 0 aliphatic carbocycles. The van der Waals surface area contributed by atoms with Crippen LogP contribution in [0.1, 0.15) is 36.1 Å². The number of hydrogen-bond donors (Lipinski definition) is 1. The molecule has 1 aliphatic heterocycles. The normalized spacial score (nSPS) is 13.6. The molecule has 0 aromatic heterocycles. The van der Waals surface area contributed by atoms with Crippen molar-refractivity contribution in [2.45, 2.75) is 50.5 Å². The van der Waals surface area contributed by atoms with Crippen molar-refractivity contribution in [3.8, 4) is 11.5 Å². The van der Waals surface area contributed by atoms with E-state index in [2.05, 4.69) is 0 Å². The van der Waals surface area contributed by atoms with Gasteiger partial charge in [-0.15, -0.1) is 0 Å². The molecule has 6 heteroatoms. The standard InChI is InChI=1S/C17H17NO4S.C2H6/c1-10-5-12(3-4-19)16-14(7-10)23(20,21)15-8-11(2)6-13(9-18)17(15)22-16;1-2/h4-8H,3,9,18H2,1-2H3;1-2H3. The predicted octanol–water partition coefficient (Wildman–Crippen LogP) is 3.47. The number of benzene rings is 2. The lowest BCUT2D eigenvalue weighted by atomic mass is 10.1. The van der Waals surface area contributed by atoms with Gasteiger partial charge in [0.25, 0.3) is 0 Å². The van der Waals surface area contributed by atoms with Crippen molar-refractivity contribution < 1.29 is 17.9 Å². The maximum Gasteiger partial charge on any atom is 0.213 e. The molecule has 0 amide bonds. The largest absolute Gasteiger partial charge is 0.454 e. The van der Waals surface area contributed by atoms with Crippen molar-refractivity contribution in [2.75, 3.05) is 0 Å². The lowest BCUT2D eigenvalue weighted by Crippen LogP contribution is -2.16. The van der Waals surface area contributed by atoms with Gasteiger partial charge >= 0.3 is 0 Å². The van der Waals surface area contributed by atoms with Crippen LogP contribution in [0.3, 0.4) is 0 Å². The fraction of sp³-hybridized carbons (Fsp3) is 0.316. The highest BCUT2D eigenvalue weighted by molar-refractivity contribution is 7.91. The van der Waals surface area contributed by atoms with E-state index in [1.165, 1.54) is 0 Å². The summed E-state index contributed by atoms with van der Waals surface area (Å²) in [5, 5.41) is 0. The summed E-state index contributed by atoms with van der Waals surface area (Å²) in [6.07, 6.45) is 0.832. The Morgan fingerprint density at radius 3 is 1.92 bits per heavy atom. The Morgan fingerprint density at radius 2 is 1.44 bits per heavy atom. The van der Waals surface area contributed by atoms with Gasteiger partial charge in [0.2, 0.25) is 9.84 Å². The van der Waals surface area contributed by atoms with Crippen molar-refractivity contribution in [1.82, 2.24) is 0 Å². The Balaban J connectivity index is 0.00000109. The number of ether oxygens (including phenoxy) is 1. The Labute approximate surface area is 148 Å². The van der Waals surface area contributed by atoms with Crippen LogP contribution < -0.4 is 10.5 Å². The highest BCUT2D eigenvalue weighted by Crippen LogP contribution is 2.46. The Hall–Kier alpha value is -2.18. The van der Waals surface area contributed by atoms with E-state index < -0.39 is 9.84 Å². The van der Waals surface area contributed by atoms with Crippen LogP contribution in [0.2, 0.25) is 0 Å². The van der Waals surface area contributed by atoms with Crippen LogP contribution in [0.25, 0.3) is 0 Å². The van der Waals surface area contributed by atoms with Gasteiger partial charge in [0.1, 0.15) is 21.8 Å². The van der Waals surface area contributed by atoms with Crippen LogP contribution in [0.15, 0.2) is 34.1 Å². The molecular weight excluding hydrogens is 338 g/mol. The van der Waals surface area contributed by atoms with Crippen LogP contribution in [-0.2, 0) is 27.6 Å². The number of rotatable bonds is 3. The lowest BCUT2D eigenvalue weighted by Gasteiger charge is -2.25. The number of fused-ring (bicyclic) bond motifs is 2. The summed E-state index contributed by atoms with van der Waals surface area (Å²) in [4.78, 5) is 11.2. The van der Waals surface area contributed by atoms with Gasteiger partial charge in [0.05, 0.1) is 0 Å². The predicted molar refractivity (Wildman–Crippen MR) is 96.9 cm³/mol. The first-order valence-corrected chi connectivity index (χ1v) is 9.70. The molecule has 1 heterocycles. The van der Waals surface area contributed by atoms with Gasteiger partial charge < -0.3 is 15.3 Å². The number of sulfone groups is 1. The number of hydrogen-bond acceptors (Lipinski definition) is 5. The van der Waals surface area contributed by atoms with Crippen LogP contribution in [-0.4, -0.2) is 14.7 Å². The Morgan fingerprint density at radius 1 is 0.960 bits per heavy atom. The van der Waals surface area contributed by atoms with Gasteiger partial charge in [0, 0.05) is 24.1 Å². The maximum absolute atomic E-state index is 13.0. The van der Waals surface area contributed by atoms with Crippen LogP contribution >= 0.6 is 0 Å². The summed E-state index contributed by atoms with van der Waals surface area (Å²) in [5.41, 5.74) is 8.51. The van der Waals surface area contributed by atoms with Gasteiger partial charge in [-0.1, -0.05) is 26.0 Å². The van der Waals surface area contributed by atoms with E-state index in [-0.39, 0.29) is 34.3 Å². The second-order valence-electron chi connectivity index (χ2n) is 5.68. The van der Waals surface area contributed by atoms with E-state index in [4.69, 9.17) is 10.5 Å². The number of aldehydes is 1. The fourth-order valence-corrected chi connectivity index (χ4v) is 4.62. The highest BCUT2D eigenvalue weighted by Gasteiger charge is 2.34. The zero-order valence-corrected chi connectivity index (χ0v) is 15.7. The van der Waals surface area contributed by atoms with E-state index >= 15 is 0 Å². The van der Waals surface area contributed by atoms with Crippen molar-refractivity contribution in [3.63, 3.8) is 0 Å². The molecule has 1 aliphatic rings. The summed E-state index contributed by atoms with van der Waals surface area (Å²) in [5.74, 6) is 0.496. The molecule has 0 unspecified atom stereocenters. The topological polar surface area (TPSA) is 86.5 Å². The Bertz CT molecular complexity index is 918. The first-order valence-electron chi connectivity index (χ1n) is 8.22. The number of aryl methyl sites for hydroxylation is 2. The molecule has 3 rings (SSSR count). The average Bonchev–Trinajstić information content (AvgIpc) is 2.58. The van der Waals surface area contributed by atoms with Gasteiger partial charge in [-0.25, -0.2) is 8.42 Å². The number of carbonyl (C=O) groups excluding carboxylic acids is 1. The molecule has 2 N–H and O–H groups in total. The first kappa shape index (κ1) is 19.1. The SMILES string of the molecule is CC.Cc1cc(CN)c2c(c1)S(=O)(=O)c1cc(C)cc(CC=O)c1O2. The van der Waals surface area contributed by atoms with Gasteiger partial charge in [0.15, 0.2) is 5.75 Å². The first-order chi connectivity index (χ1) is 11.9. The summed E-state index contributed by atoms with van der Waals surface area (Å²) >= 11 is 0. The zero-order valence-electron chi connectivity index (χ0n) is 14.9. The van der Waals surface area contributed by atoms with Crippen LogP contribution in [0, 0.1) is 13.8 Å². The highest BCUT2D eigenvalue weighted by atomic mass is 32.2. The van der Waals surface area contributed by atoms with Crippen molar-refractivity contribution in [3.05, 3.63) is 46.5 Å².